The molecule has 0 radical (unpaired) electrons. The van der Waals surface area contributed by atoms with Crippen molar-refractivity contribution in [2.24, 2.45) is 0 Å². The van der Waals surface area contributed by atoms with E-state index in [1.807, 2.05) is 75.4 Å². The topological polar surface area (TPSA) is 86.8 Å². The summed E-state index contributed by atoms with van der Waals surface area (Å²) in [6, 6.07) is 21.9. The average Bonchev–Trinajstić information content (AvgIpc) is 2.91. The molecule has 9 heteroatoms. The van der Waals surface area contributed by atoms with Gasteiger partial charge in [0.1, 0.15) is 6.04 Å². The van der Waals surface area contributed by atoms with Crippen LogP contribution in [-0.4, -0.2) is 50.5 Å². The number of halogens is 1. The van der Waals surface area contributed by atoms with Gasteiger partial charge in [0.25, 0.3) is 0 Å². The maximum atomic E-state index is 13.8. The van der Waals surface area contributed by atoms with E-state index in [-0.39, 0.29) is 37.7 Å². The van der Waals surface area contributed by atoms with E-state index in [1.54, 1.807) is 23.1 Å². The smallest absolute Gasteiger partial charge is 0.243 e. The lowest BCUT2D eigenvalue weighted by atomic mass is 10.0. The van der Waals surface area contributed by atoms with Crippen LogP contribution in [0, 0.1) is 13.8 Å². The lowest BCUT2D eigenvalue weighted by Crippen LogP contribution is -2.50. The van der Waals surface area contributed by atoms with Crippen molar-refractivity contribution in [2.75, 3.05) is 23.7 Å². The van der Waals surface area contributed by atoms with E-state index in [0.29, 0.717) is 23.7 Å². The highest BCUT2D eigenvalue weighted by molar-refractivity contribution is 7.92. The Bertz CT molecular complexity index is 1400. The third-order valence-electron chi connectivity index (χ3n) is 6.69. The first kappa shape index (κ1) is 31.2. The van der Waals surface area contributed by atoms with E-state index >= 15 is 0 Å². The summed E-state index contributed by atoms with van der Waals surface area (Å²) in [5.41, 5.74) is 4.21. The normalized spacial score (nSPS) is 12.0. The second-order valence-corrected chi connectivity index (χ2v) is 12.3. The van der Waals surface area contributed by atoms with Gasteiger partial charge in [-0.1, -0.05) is 77.8 Å². The quantitative estimate of drug-likeness (QED) is 0.297. The number of likely N-dealkylation sites (N-methyl/N-ethyl adjacent to an activating group) is 1. The minimum absolute atomic E-state index is 0.0716. The monoisotopic (exact) mass is 583 g/mol. The highest BCUT2D eigenvalue weighted by Gasteiger charge is 2.30. The van der Waals surface area contributed by atoms with Crippen LogP contribution in [0.2, 0.25) is 5.02 Å². The fraction of sp³-hybridized carbons (Fsp3) is 0.355. The molecule has 1 atom stereocenters. The minimum Gasteiger partial charge on any atom is -0.355 e. The predicted octanol–water partition coefficient (Wildman–Crippen LogP) is 5.28. The average molecular weight is 584 g/mol. The third kappa shape index (κ3) is 8.83. The lowest BCUT2D eigenvalue weighted by Gasteiger charge is -2.32. The number of sulfonamides is 1. The SMILES string of the molecule is CCNC(=O)C(Cc1ccccc1)N(Cc1ccc(C)cc1)C(=O)CCCN(c1cc(Cl)ccc1C)S(C)(=O)=O. The first-order valence-corrected chi connectivity index (χ1v) is 15.6. The molecule has 214 valence electrons. The molecule has 0 aliphatic heterocycles. The van der Waals surface area contributed by atoms with Crippen LogP contribution in [0.3, 0.4) is 0 Å². The van der Waals surface area contributed by atoms with E-state index in [1.165, 1.54) is 4.31 Å². The van der Waals surface area contributed by atoms with E-state index in [9.17, 15) is 18.0 Å². The number of nitrogens with one attached hydrogen (secondary N) is 1. The molecule has 1 unspecified atom stereocenters. The molecule has 0 fully saturated rings. The van der Waals surface area contributed by atoms with E-state index in [2.05, 4.69) is 5.32 Å². The van der Waals surface area contributed by atoms with Crippen molar-refractivity contribution < 1.29 is 18.0 Å². The summed E-state index contributed by atoms with van der Waals surface area (Å²) in [6.45, 7) is 6.47. The van der Waals surface area contributed by atoms with Gasteiger partial charge in [-0.2, -0.15) is 0 Å². The molecule has 3 aromatic rings. The van der Waals surface area contributed by atoms with E-state index < -0.39 is 16.1 Å². The van der Waals surface area contributed by atoms with Gasteiger partial charge in [0.2, 0.25) is 21.8 Å². The number of hydrogen-bond donors (Lipinski definition) is 1. The van der Waals surface area contributed by atoms with E-state index in [0.717, 1.165) is 28.5 Å². The van der Waals surface area contributed by atoms with Crippen molar-refractivity contribution in [3.63, 3.8) is 0 Å². The van der Waals surface area contributed by atoms with Gasteiger partial charge in [-0.05, 0) is 56.0 Å². The molecule has 0 aromatic heterocycles. The molecule has 0 saturated carbocycles. The third-order valence-corrected chi connectivity index (χ3v) is 8.10. The van der Waals surface area contributed by atoms with Crippen LogP contribution in [0.25, 0.3) is 0 Å². The van der Waals surface area contributed by atoms with Crippen LogP contribution in [0.5, 0.6) is 0 Å². The summed E-state index contributed by atoms with van der Waals surface area (Å²) >= 11 is 6.16. The number of hydrogen-bond acceptors (Lipinski definition) is 4. The highest BCUT2D eigenvalue weighted by Crippen LogP contribution is 2.27. The second kappa shape index (κ2) is 14.3. The van der Waals surface area contributed by atoms with Gasteiger partial charge >= 0.3 is 0 Å². The summed E-state index contributed by atoms with van der Waals surface area (Å²) in [5, 5.41) is 3.32. The van der Waals surface area contributed by atoms with Crippen LogP contribution < -0.4 is 9.62 Å². The molecule has 3 rings (SSSR count). The van der Waals surface area contributed by atoms with Gasteiger partial charge in [0.05, 0.1) is 11.9 Å². The number of amides is 2. The Labute approximate surface area is 243 Å². The Morgan fingerprint density at radius 2 is 1.62 bits per heavy atom. The summed E-state index contributed by atoms with van der Waals surface area (Å²) in [6.07, 6.45) is 1.85. The molecule has 7 nitrogen and oxygen atoms in total. The number of anilines is 1. The zero-order valence-corrected chi connectivity index (χ0v) is 25.1. The first-order valence-electron chi connectivity index (χ1n) is 13.4. The largest absolute Gasteiger partial charge is 0.355 e. The standard InChI is InChI=1S/C31H38ClN3O4S/c1-5-33-31(37)29(20-25-10-7-6-8-11-25)34(22-26-16-13-23(2)14-17-26)30(36)12-9-19-35(40(4,38)39)28-21-27(32)18-15-24(28)3/h6-8,10-11,13-18,21,29H,5,9,12,19-20,22H2,1-4H3,(H,33,37). The number of carbonyl (C=O) groups excluding carboxylic acids is 2. The van der Waals surface area contributed by atoms with Crippen molar-refractivity contribution in [2.45, 2.75) is 52.6 Å². The van der Waals surface area contributed by atoms with Crippen molar-refractivity contribution in [3.8, 4) is 0 Å². The molecule has 1 N–H and O–H groups in total. The number of benzene rings is 3. The summed E-state index contributed by atoms with van der Waals surface area (Å²) in [7, 11) is -3.62. The number of nitrogens with zero attached hydrogens (tertiary/aromatic N) is 2. The van der Waals surface area contributed by atoms with E-state index in [4.69, 9.17) is 11.6 Å². The zero-order chi connectivity index (χ0) is 29.3. The van der Waals surface area contributed by atoms with Crippen LogP contribution >= 0.6 is 11.6 Å². The van der Waals surface area contributed by atoms with Crippen LogP contribution in [0.4, 0.5) is 5.69 Å². The fourth-order valence-corrected chi connectivity index (χ4v) is 5.75. The lowest BCUT2D eigenvalue weighted by molar-refractivity contribution is -0.141. The molecule has 3 aromatic carbocycles. The number of rotatable bonds is 13. The molecule has 0 aliphatic rings. The van der Waals surface area contributed by atoms with Gasteiger partial charge in [-0.25, -0.2) is 8.42 Å². The van der Waals surface area contributed by atoms with Crippen LogP contribution in [0.15, 0.2) is 72.8 Å². The van der Waals surface area contributed by atoms with Crippen molar-refractivity contribution in [1.29, 1.82) is 0 Å². The Morgan fingerprint density at radius 1 is 0.950 bits per heavy atom. The molecule has 0 saturated heterocycles. The zero-order valence-electron chi connectivity index (χ0n) is 23.6. The van der Waals surface area contributed by atoms with Gasteiger partial charge in [0, 0.05) is 37.5 Å². The Balaban J connectivity index is 1.87. The molecule has 0 aliphatic carbocycles. The highest BCUT2D eigenvalue weighted by atomic mass is 35.5. The summed E-state index contributed by atoms with van der Waals surface area (Å²) in [4.78, 5) is 28.7. The second-order valence-electron chi connectivity index (χ2n) is 9.98. The predicted molar refractivity (Wildman–Crippen MR) is 162 cm³/mol. The first-order chi connectivity index (χ1) is 19.0. The Hall–Kier alpha value is -3.36. The molecule has 2 amide bonds. The molecule has 0 heterocycles. The summed E-state index contributed by atoms with van der Waals surface area (Å²) in [5.74, 6) is -0.442. The minimum atomic E-state index is -3.62. The van der Waals surface area contributed by atoms with Gasteiger partial charge in [-0.3, -0.25) is 13.9 Å². The maximum Gasteiger partial charge on any atom is 0.243 e. The molecule has 40 heavy (non-hydrogen) atoms. The van der Waals surface area contributed by atoms with Crippen LogP contribution in [-0.2, 0) is 32.6 Å². The number of carbonyl (C=O) groups is 2. The van der Waals surface area contributed by atoms with Crippen molar-refractivity contribution in [3.05, 3.63) is 100 Å². The van der Waals surface area contributed by atoms with Gasteiger partial charge in [0.15, 0.2) is 0 Å². The van der Waals surface area contributed by atoms with Gasteiger partial charge in [-0.15, -0.1) is 0 Å². The summed E-state index contributed by atoms with van der Waals surface area (Å²) < 4.78 is 26.7. The number of aryl methyl sites for hydroxylation is 2. The van der Waals surface area contributed by atoms with Crippen molar-refractivity contribution in [1.82, 2.24) is 10.2 Å². The van der Waals surface area contributed by atoms with Gasteiger partial charge < -0.3 is 10.2 Å². The molecular weight excluding hydrogens is 546 g/mol. The maximum absolute atomic E-state index is 13.8. The Kier molecular flexibility index (Phi) is 11.2. The van der Waals surface area contributed by atoms with Crippen molar-refractivity contribution >= 4 is 39.1 Å². The molecule has 0 spiro atoms. The fourth-order valence-electron chi connectivity index (χ4n) is 4.57. The Morgan fingerprint density at radius 3 is 2.25 bits per heavy atom. The molecular formula is C31H38ClN3O4S. The molecule has 0 bridgehead atoms. The van der Waals surface area contributed by atoms with Crippen LogP contribution in [0.1, 0.15) is 42.0 Å².